The van der Waals surface area contributed by atoms with Gasteiger partial charge in [0.2, 0.25) is 12.2 Å². The summed E-state index contributed by atoms with van der Waals surface area (Å²) in [6, 6.07) is 0.454. The van der Waals surface area contributed by atoms with E-state index in [1.165, 1.54) is 6.08 Å². The molecule has 0 saturated carbocycles. The Morgan fingerprint density at radius 3 is 2.53 bits per heavy atom. The van der Waals surface area contributed by atoms with Gasteiger partial charge in [0.05, 0.1) is 6.61 Å². The molecule has 1 fully saturated rings. The summed E-state index contributed by atoms with van der Waals surface area (Å²) in [4.78, 5) is 27.8. The van der Waals surface area contributed by atoms with E-state index in [1.807, 2.05) is 18.7 Å². The number of carbonyl (C=O) groups is 1. The predicted octanol–water partition coefficient (Wildman–Crippen LogP) is 1.47. The van der Waals surface area contributed by atoms with E-state index in [1.54, 1.807) is 6.92 Å². The molecular weight excluding hydrogens is 220 g/mol. The lowest BCUT2D eigenvalue weighted by atomic mass is 9.97. The number of hydrogen-bond acceptors (Lipinski definition) is 5. The summed E-state index contributed by atoms with van der Waals surface area (Å²) in [6.07, 6.45) is 3.80. The molecular formula is C12H20N2O3. The van der Waals surface area contributed by atoms with Crippen molar-refractivity contribution in [1.29, 1.82) is 0 Å². The summed E-state index contributed by atoms with van der Waals surface area (Å²) < 4.78 is 4.95. The van der Waals surface area contributed by atoms with Gasteiger partial charge < -0.3 is 4.74 Å². The van der Waals surface area contributed by atoms with Crippen LogP contribution in [0.5, 0.6) is 0 Å². The van der Waals surface area contributed by atoms with Crippen LogP contribution in [-0.4, -0.2) is 41.8 Å². The fourth-order valence-electron chi connectivity index (χ4n) is 2.43. The van der Waals surface area contributed by atoms with Crippen LogP contribution in [0.15, 0.2) is 4.99 Å². The number of nitrogens with zero attached hydrogens (tertiary/aromatic N) is 2. The number of rotatable bonds is 4. The normalized spacial score (nSPS) is 27.0. The number of esters is 1. The number of hydrogen-bond donors (Lipinski definition) is 0. The smallest absolute Gasteiger partial charge is 0.347 e. The molecule has 0 spiro atoms. The molecule has 3 atom stereocenters. The minimum Gasteiger partial charge on any atom is -0.463 e. The number of carbonyl (C=O) groups excluding carboxylic acids is 2. The Labute approximate surface area is 102 Å². The lowest BCUT2D eigenvalue weighted by molar-refractivity contribution is -0.152. The Morgan fingerprint density at radius 2 is 2.06 bits per heavy atom. The molecule has 1 aliphatic heterocycles. The fraction of sp³-hybridized carbons (Fsp3) is 0.833. The summed E-state index contributed by atoms with van der Waals surface area (Å²) >= 11 is 0. The van der Waals surface area contributed by atoms with Crippen LogP contribution in [-0.2, 0) is 14.3 Å². The molecule has 0 aromatic rings. The molecule has 0 radical (unpaired) electrons. The average molecular weight is 240 g/mol. The number of isocyanates is 1. The van der Waals surface area contributed by atoms with Crippen molar-refractivity contribution in [2.75, 3.05) is 6.61 Å². The first-order chi connectivity index (χ1) is 8.11. The Morgan fingerprint density at radius 1 is 1.47 bits per heavy atom. The monoisotopic (exact) mass is 240 g/mol. The van der Waals surface area contributed by atoms with E-state index in [4.69, 9.17) is 4.74 Å². The number of likely N-dealkylation sites (tertiary alicyclic amines) is 1. The molecule has 5 nitrogen and oxygen atoms in total. The van der Waals surface area contributed by atoms with Crippen molar-refractivity contribution in [2.45, 2.75) is 58.3 Å². The van der Waals surface area contributed by atoms with Gasteiger partial charge in [0.15, 0.2) is 0 Å². The highest BCUT2D eigenvalue weighted by Gasteiger charge is 2.36. The predicted molar refractivity (Wildman–Crippen MR) is 63.2 cm³/mol. The van der Waals surface area contributed by atoms with Gasteiger partial charge in [0, 0.05) is 12.1 Å². The zero-order valence-electron chi connectivity index (χ0n) is 10.7. The van der Waals surface area contributed by atoms with Crippen LogP contribution in [0.1, 0.15) is 40.0 Å². The molecule has 0 aliphatic carbocycles. The molecule has 3 unspecified atom stereocenters. The second-order valence-electron chi connectivity index (χ2n) is 4.42. The molecule has 1 rings (SSSR count). The lowest BCUT2D eigenvalue weighted by Gasteiger charge is -2.40. The van der Waals surface area contributed by atoms with E-state index in [9.17, 15) is 9.59 Å². The third-order valence-corrected chi connectivity index (χ3v) is 3.22. The zero-order chi connectivity index (χ0) is 12.8. The number of ether oxygens (including phenoxy) is 1. The minimum atomic E-state index is -0.835. The topological polar surface area (TPSA) is 59.0 Å². The molecule has 0 aromatic carbocycles. The number of aliphatic imine (C=N–C) groups is 1. The van der Waals surface area contributed by atoms with Gasteiger partial charge >= 0.3 is 5.97 Å². The van der Waals surface area contributed by atoms with Crippen molar-refractivity contribution in [3.05, 3.63) is 0 Å². The van der Waals surface area contributed by atoms with Crippen LogP contribution in [0.4, 0.5) is 0 Å². The Bertz CT molecular complexity index is 303. The lowest BCUT2D eigenvalue weighted by Crippen LogP contribution is -2.52. The quantitative estimate of drug-likeness (QED) is 0.424. The van der Waals surface area contributed by atoms with Crippen molar-refractivity contribution in [1.82, 2.24) is 4.90 Å². The maximum absolute atomic E-state index is 11.8. The van der Waals surface area contributed by atoms with Gasteiger partial charge in [-0.2, -0.15) is 4.99 Å². The van der Waals surface area contributed by atoms with Crippen LogP contribution >= 0.6 is 0 Å². The summed E-state index contributed by atoms with van der Waals surface area (Å²) in [5.41, 5.74) is 0. The zero-order valence-corrected chi connectivity index (χ0v) is 10.7. The number of piperidine rings is 1. The molecule has 96 valence electrons. The van der Waals surface area contributed by atoms with Gasteiger partial charge in [-0.3, -0.25) is 4.90 Å². The highest BCUT2D eigenvalue weighted by Crippen LogP contribution is 2.25. The molecule has 0 amide bonds. The van der Waals surface area contributed by atoms with Crippen LogP contribution in [0.2, 0.25) is 0 Å². The van der Waals surface area contributed by atoms with E-state index >= 15 is 0 Å². The van der Waals surface area contributed by atoms with Gasteiger partial charge in [0.25, 0.3) is 0 Å². The van der Waals surface area contributed by atoms with E-state index in [0.29, 0.717) is 6.61 Å². The maximum atomic E-state index is 11.8. The van der Waals surface area contributed by atoms with E-state index in [2.05, 4.69) is 4.99 Å². The molecule has 1 saturated heterocycles. The van der Waals surface area contributed by atoms with Crippen LogP contribution < -0.4 is 0 Å². The fourth-order valence-corrected chi connectivity index (χ4v) is 2.43. The first kappa shape index (κ1) is 13.9. The standard InChI is InChI=1S/C12H20N2O3/c1-4-17-12(16)11(13-8-15)14-9(2)6-5-7-10(14)3/h9-11H,4-7H2,1-3H3. The van der Waals surface area contributed by atoms with Crippen molar-refractivity contribution < 1.29 is 14.3 Å². The minimum absolute atomic E-state index is 0.227. The third-order valence-electron chi connectivity index (χ3n) is 3.22. The Kier molecular flexibility index (Phi) is 5.32. The van der Waals surface area contributed by atoms with Crippen LogP contribution in [0.3, 0.4) is 0 Å². The van der Waals surface area contributed by atoms with E-state index in [0.717, 1.165) is 19.3 Å². The largest absolute Gasteiger partial charge is 0.463 e. The van der Waals surface area contributed by atoms with Gasteiger partial charge in [-0.25, -0.2) is 9.59 Å². The molecule has 1 aliphatic rings. The molecule has 0 N–H and O–H groups in total. The molecule has 0 bridgehead atoms. The Hall–Kier alpha value is -1.19. The summed E-state index contributed by atoms with van der Waals surface area (Å²) in [5, 5.41) is 0. The van der Waals surface area contributed by atoms with Crippen molar-refractivity contribution >= 4 is 12.0 Å². The highest BCUT2D eigenvalue weighted by atomic mass is 16.5. The molecule has 5 heteroatoms. The van der Waals surface area contributed by atoms with Gasteiger partial charge in [0.1, 0.15) is 0 Å². The van der Waals surface area contributed by atoms with Gasteiger partial charge in [-0.05, 0) is 33.6 Å². The van der Waals surface area contributed by atoms with E-state index in [-0.39, 0.29) is 12.1 Å². The molecule has 1 heterocycles. The van der Waals surface area contributed by atoms with Gasteiger partial charge in [-0.15, -0.1) is 0 Å². The molecule has 0 aromatic heterocycles. The second kappa shape index (κ2) is 6.52. The second-order valence-corrected chi connectivity index (χ2v) is 4.42. The first-order valence-corrected chi connectivity index (χ1v) is 6.12. The van der Waals surface area contributed by atoms with Crippen LogP contribution in [0, 0.1) is 0 Å². The van der Waals surface area contributed by atoms with Crippen LogP contribution in [0.25, 0.3) is 0 Å². The summed E-state index contributed by atoms with van der Waals surface area (Å²) in [5.74, 6) is -0.462. The first-order valence-electron chi connectivity index (χ1n) is 6.12. The highest BCUT2D eigenvalue weighted by molar-refractivity contribution is 5.76. The maximum Gasteiger partial charge on any atom is 0.347 e. The van der Waals surface area contributed by atoms with Crippen molar-refractivity contribution in [3.63, 3.8) is 0 Å². The van der Waals surface area contributed by atoms with Crippen molar-refractivity contribution in [3.8, 4) is 0 Å². The van der Waals surface area contributed by atoms with Crippen molar-refractivity contribution in [2.24, 2.45) is 4.99 Å². The summed E-state index contributed by atoms with van der Waals surface area (Å²) in [6.45, 7) is 6.12. The Balaban J connectivity index is 2.87. The third kappa shape index (κ3) is 3.38. The SMILES string of the molecule is CCOC(=O)C(N=C=O)N1C(C)CCCC1C. The average Bonchev–Trinajstić information content (AvgIpc) is 2.28. The van der Waals surface area contributed by atoms with Gasteiger partial charge in [-0.1, -0.05) is 6.42 Å². The molecule has 17 heavy (non-hydrogen) atoms. The summed E-state index contributed by atoms with van der Waals surface area (Å²) in [7, 11) is 0. The van der Waals surface area contributed by atoms with E-state index < -0.39 is 12.1 Å².